The molecule has 6 heteroatoms. The number of nitrogens with one attached hydrogen (secondary N) is 1. The maximum atomic E-state index is 12.6. The number of anilines is 1. The average molecular weight is 468 g/mol. The van der Waals surface area contributed by atoms with Crippen LogP contribution in [0.1, 0.15) is 39.9 Å². The topological polar surface area (TPSA) is 67.6 Å². The fourth-order valence-electron chi connectivity index (χ4n) is 4.37. The number of amides is 1. The van der Waals surface area contributed by atoms with Gasteiger partial charge in [-0.2, -0.15) is 0 Å². The summed E-state index contributed by atoms with van der Waals surface area (Å²) in [5.74, 6) is 2.10. The molecule has 5 rings (SSSR count). The van der Waals surface area contributed by atoms with E-state index >= 15 is 0 Å². The molecule has 6 nitrogen and oxygen atoms in total. The smallest absolute Gasteiger partial charge is 0.251 e. The summed E-state index contributed by atoms with van der Waals surface area (Å²) in [5, 5.41) is 2.96. The fourth-order valence-corrected chi connectivity index (χ4v) is 4.37. The molecule has 0 bridgehead atoms. The highest BCUT2D eigenvalue weighted by Crippen LogP contribution is 2.30. The van der Waals surface area contributed by atoms with Crippen LogP contribution in [-0.2, 0) is 19.5 Å². The second kappa shape index (κ2) is 10.1. The van der Waals surface area contributed by atoms with E-state index in [0.717, 1.165) is 47.8 Å². The number of benzene rings is 3. The minimum Gasteiger partial charge on any atom is -0.494 e. The van der Waals surface area contributed by atoms with Gasteiger partial charge < -0.3 is 19.4 Å². The van der Waals surface area contributed by atoms with Crippen molar-refractivity contribution >= 4 is 11.6 Å². The van der Waals surface area contributed by atoms with Gasteiger partial charge in [0.25, 0.3) is 5.91 Å². The number of ether oxygens (including phenoxy) is 1. The van der Waals surface area contributed by atoms with Crippen LogP contribution in [0.4, 0.5) is 5.69 Å². The Bertz CT molecular complexity index is 1310. The SMILES string of the molecule is CCOc1ccc(CNC(=O)c2ccc(-c3nc(CN4CCc5ccccc54)c(C)o3)cc2)cc1. The molecule has 1 amide bonds. The highest BCUT2D eigenvalue weighted by Gasteiger charge is 2.21. The summed E-state index contributed by atoms with van der Waals surface area (Å²) < 4.78 is 11.4. The van der Waals surface area contributed by atoms with Gasteiger partial charge >= 0.3 is 0 Å². The van der Waals surface area contributed by atoms with Gasteiger partial charge in [0.15, 0.2) is 0 Å². The number of para-hydroxylation sites is 1. The van der Waals surface area contributed by atoms with Crippen LogP contribution in [0.3, 0.4) is 0 Å². The second-order valence-corrected chi connectivity index (χ2v) is 8.66. The quantitative estimate of drug-likeness (QED) is 0.368. The van der Waals surface area contributed by atoms with Crippen molar-refractivity contribution in [2.45, 2.75) is 33.4 Å². The van der Waals surface area contributed by atoms with Gasteiger partial charge in [-0.1, -0.05) is 30.3 Å². The normalized spacial score (nSPS) is 12.5. The van der Waals surface area contributed by atoms with Crippen molar-refractivity contribution in [3.63, 3.8) is 0 Å². The Labute approximate surface area is 205 Å². The first-order chi connectivity index (χ1) is 17.1. The molecule has 0 fully saturated rings. The number of aromatic nitrogens is 1. The van der Waals surface area contributed by atoms with Crippen LogP contribution in [0.2, 0.25) is 0 Å². The van der Waals surface area contributed by atoms with Crippen molar-refractivity contribution in [3.8, 4) is 17.2 Å². The van der Waals surface area contributed by atoms with Crippen LogP contribution in [0.25, 0.3) is 11.5 Å². The van der Waals surface area contributed by atoms with E-state index in [1.807, 2.05) is 50.2 Å². The lowest BCUT2D eigenvalue weighted by Crippen LogP contribution is -2.22. The maximum Gasteiger partial charge on any atom is 0.251 e. The molecule has 0 unspecified atom stereocenters. The van der Waals surface area contributed by atoms with Gasteiger partial charge in [-0.05, 0) is 73.9 Å². The van der Waals surface area contributed by atoms with Crippen molar-refractivity contribution in [2.24, 2.45) is 0 Å². The van der Waals surface area contributed by atoms with E-state index in [1.54, 1.807) is 12.1 Å². The third-order valence-corrected chi connectivity index (χ3v) is 6.30. The first-order valence-corrected chi connectivity index (χ1v) is 12.0. The summed E-state index contributed by atoms with van der Waals surface area (Å²) in [5.41, 5.74) is 6.05. The van der Waals surface area contributed by atoms with Crippen molar-refractivity contribution in [2.75, 3.05) is 18.1 Å². The van der Waals surface area contributed by atoms with Crippen LogP contribution < -0.4 is 15.0 Å². The fraction of sp³-hybridized carbons (Fsp3) is 0.241. The Morgan fingerprint density at radius 2 is 1.83 bits per heavy atom. The number of fused-ring (bicyclic) bond motifs is 1. The molecule has 0 aliphatic carbocycles. The Balaban J connectivity index is 1.21. The van der Waals surface area contributed by atoms with Gasteiger partial charge in [0.05, 0.1) is 13.2 Å². The van der Waals surface area contributed by atoms with E-state index < -0.39 is 0 Å². The average Bonchev–Trinajstić information content (AvgIpc) is 3.47. The molecule has 2 heterocycles. The molecule has 178 valence electrons. The minimum atomic E-state index is -0.123. The first-order valence-electron chi connectivity index (χ1n) is 12.0. The van der Waals surface area contributed by atoms with Gasteiger partial charge in [-0.25, -0.2) is 4.98 Å². The molecule has 0 radical (unpaired) electrons. The molecule has 0 atom stereocenters. The summed E-state index contributed by atoms with van der Waals surface area (Å²) in [4.78, 5) is 19.7. The maximum absolute atomic E-state index is 12.6. The standard InChI is InChI=1S/C29H29N3O3/c1-3-34-25-14-8-21(9-15-25)18-30-28(33)23-10-12-24(13-11-23)29-31-26(20(2)35-29)19-32-17-16-22-6-4-5-7-27(22)32/h4-15H,3,16-19H2,1-2H3,(H,30,33). The summed E-state index contributed by atoms with van der Waals surface area (Å²) in [6.07, 6.45) is 1.06. The molecule has 1 aliphatic heterocycles. The number of aryl methyl sites for hydroxylation is 1. The predicted octanol–water partition coefficient (Wildman–Crippen LogP) is 5.54. The van der Waals surface area contributed by atoms with Crippen LogP contribution in [0.5, 0.6) is 5.75 Å². The van der Waals surface area contributed by atoms with Crippen LogP contribution in [-0.4, -0.2) is 24.0 Å². The number of carbonyl (C=O) groups is 1. The van der Waals surface area contributed by atoms with Crippen LogP contribution in [0, 0.1) is 6.92 Å². The van der Waals surface area contributed by atoms with Gasteiger partial charge in [0, 0.05) is 29.9 Å². The van der Waals surface area contributed by atoms with E-state index in [2.05, 4.69) is 34.5 Å². The lowest BCUT2D eigenvalue weighted by Gasteiger charge is -2.17. The lowest BCUT2D eigenvalue weighted by atomic mass is 10.1. The van der Waals surface area contributed by atoms with E-state index in [9.17, 15) is 4.79 Å². The summed E-state index contributed by atoms with van der Waals surface area (Å²) in [7, 11) is 0. The highest BCUT2D eigenvalue weighted by atomic mass is 16.5. The lowest BCUT2D eigenvalue weighted by molar-refractivity contribution is 0.0951. The number of nitrogens with zero attached hydrogens (tertiary/aromatic N) is 2. The van der Waals surface area contributed by atoms with E-state index in [1.165, 1.54) is 11.3 Å². The first kappa shape index (κ1) is 22.7. The number of carbonyl (C=O) groups excluding carboxylic acids is 1. The Kier molecular flexibility index (Phi) is 6.53. The monoisotopic (exact) mass is 467 g/mol. The van der Waals surface area contributed by atoms with Gasteiger partial charge in [-0.3, -0.25) is 4.79 Å². The number of hydrogen-bond acceptors (Lipinski definition) is 5. The van der Waals surface area contributed by atoms with E-state index in [0.29, 0.717) is 24.6 Å². The van der Waals surface area contributed by atoms with Crippen molar-refractivity contribution < 1.29 is 13.9 Å². The van der Waals surface area contributed by atoms with Crippen LogP contribution >= 0.6 is 0 Å². The molecule has 0 saturated heterocycles. The molecule has 0 saturated carbocycles. The molecule has 1 N–H and O–H groups in total. The van der Waals surface area contributed by atoms with E-state index in [-0.39, 0.29) is 5.91 Å². The zero-order valence-electron chi connectivity index (χ0n) is 20.1. The summed E-state index contributed by atoms with van der Waals surface area (Å²) >= 11 is 0. The second-order valence-electron chi connectivity index (χ2n) is 8.66. The molecular weight excluding hydrogens is 438 g/mol. The third kappa shape index (κ3) is 5.06. The van der Waals surface area contributed by atoms with E-state index in [4.69, 9.17) is 14.1 Å². The molecule has 4 aromatic rings. The van der Waals surface area contributed by atoms with Crippen LogP contribution in [0.15, 0.2) is 77.2 Å². The Hall–Kier alpha value is -4.06. The number of hydrogen-bond donors (Lipinski definition) is 1. The summed E-state index contributed by atoms with van der Waals surface area (Å²) in [6.45, 7) is 6.70. The number of oxazole rings is 1. The largest absolute Gasteiger partial charge is 0.494 e. The van der Waals surface area contributed by atoms with Crippen molar-refractivity contribution in [1.82, 2.24) is 10.3 Å². The molecule has 3 aromatic carbocycles. The predicted molar refractivity (Wildman–Crippen MR) is 137 cm³/mol. The molecular formula is C29H29N3O3. The van der Waals surface area contributed by atoms with Gasteiger partial charge in [0.1, 0.15) is 17.2 Å². The van der Waals surface area contributed by atoms with Crippen molar-refractivity contribution in [1.29, 1.82) is 0 Å². The van der Waals surface area contributed by atoms with Crippen molar-refractivity contribution in [3.05, 3.63) is 101 Å². The van der Waals surface area contributed by atoms with Gasteiger partial charge in [-0.15, -0.1) is 0 Å². The Morgan fingerprint density at radius 1 is 1.06 bits per heavy atom. The Morgan fingerprint density at radius 3 is 2.60 bits per heavy atom. The molecule has 35 heavy (non-hydrogen) atoms. The highest BCUT2D eigenvalue weighted by molar-refractivity contribution is 5.94. The summed E-state index contributed by atoms with van der Waals surface area (Å²) in [6, 6.07) is 23.6. The molecule has 1 aromatic heterocycles. The third-order valence-electron chi connectivity index (χ3n) is 6.30. The molecule has 0 spiro atoms. The molecule has 1 aliphatic rings. The minimum absolute atomic E-state index is 0.123. The number of rotatable bonds is 8. The van der Waals surface area contributed by atoms with Gasteiger partial charge in [0.2, 0.25) is 5.89 Å². The zero-order chi connectivity index (χ0) is 24.2. The zero-order valence-corrected chi connectivity index (χ0v) is 20.1.